The summed E-state index contributed by atoms with van der Waals surface area (Å²) in [6.07, 6.45) is 7.22. The Kier molecular flexibility index (Phi) is 6.64. The smallest absolute Gasteiger partial charge is 0.338 e. The number of unbranched alkanes of at least 4 members (excludes halogenated alkanes) is 3. The average molecular weight is 419 g/mol. The highest BCUT2D eigenvalue weighted by atomic mass is 16.5. The summed E-state index contributed by atoms with van der Waals surface area (Å²) >= 11 is 0. The molecule has 0 radical (unpaired) electrons. The highest BCUT2D eigenvalue weighted by Gasteiger charge is 2.36. The fraction of sp³-hybridized carbons (Fsp3) is 0.444. The molecule has 2 aromatic rings. The second-order valence-corrected chi connectivity index (χ2v) is 8.83. The summed E-state index contributed by atoms with van der Waals surface area (Å²) in [7, 11) is 0. The van der Waals surface area contributed by atoms with Gasteiger partial charge in [-0.25, -0.2) is 4.79 Å². The third-order valence-electron chi connectivity index (χ3n) is 6.68. The quantitative estimate of drug-likeness (QED) is 0.311. The molecule has 2 aromatic carbocycles. The van der Waals surface area contributed by atoms with Gasteiger partial charge in [0.05, 0.1) is 5.56 Å². The zero-order valence-corrected chi connectivity index (χ0v) is 18.1. The standard InChI is InChI=1S/C27H30O4/c1-2-3-4-5-9-21-17-20-8-6-7-10-22(20)26(21)31-27(30)19-13-11-18(12-14-19)25-23(28)15-16-24(25)29/h6-8,10-14,21,25-26H,2-5,9,15-17H2,1H3/t21-,26+/m0/s1. The third-order valence-corrected chi connectivity index (χ3v) is 6.68. The van der Waals surface area contributed by atoms with E-state index in [-0.39, 0.29) is 23.6 Å². The lowest BCUT2D eigenvalue weighted by atomic mass is 9.94. The molecule has 0 N–H and O–H groups in total. The highest BCUT2D eigenvalue weighted by Crippen LogP contribution is 2.42. The van der Waals surface area contributed by atoms with Gasteiger partial charge in [-0.15, -0.1) is 0 Å². The van der Waals surface area contributed by atoms with Crippen LogP contribution < -0.4 is 0 Å². The Morgan fingerprint density at radius 2 is 1.65 bits per heavy atom. The monoisotopic (exact) mass is 418 g/mol. The first-order chi connectivity index (χ1) is 15.1. The first kappa shape index (κ1) is 21.5. The lowest BCUT2D eigenvalue weighted by Gasteiger charge is -2.21. The van der Waals surface area contributed by atoms with Crippen molar-refractivity contribution in [3.05, 3.63) is 70.8 Å². The molecular formula is C27H30O4. The van der Waals surface area contributed by atoms with Crippen molar-refractivity contribution in [1.29, 1.82) is 0 Å². The van der Waals surface area contributed by atoms with Crippen molar-refractivity contribution in [2.75, 3.05) is 0 Å². The Morgan fingerprint density at radius 1 is 0.935 bits per heavy atom. The number of benzene rings is 2. The summed E-state index contributed by atoms with van der Waals surface area (Å²) in [6.45, 7) is 2.21. The Hall–Kier alpha value is -2.75. The number of Topliss-reactive ketones (excluding diaryl/α,β-unsaturated/α-hetero) is 2. The van der Waals surface area contributed by atoms with Gasteiger partial charge in [-0.3, -0.25) is 9.59 Å². The van der Waals surface area contributed by atoms with Crippen molar-refractivity contribution in [2.45, 2.75) is 70.3 Å². The summed E-state index contributed by atoms with van der Waals surface area (Å²) in [6, 6.07) is 15.0. The molecule has 0 spiro atoms. The maximum atomic E-state index is 12.9. The molecule has 1 saturated carbocycles. The Labute approximate surface area is 184 Å². The number of esters is 1. The molecule has 4 rings (SSSR count). The first-order valence-corrected chi connectivity index (χ1v) is 11.5. The van der Waals surface area contributed by atoms with E-state index in [1.54, 1.807) is 24.3 Å². The van der Waals surface area contributed by atoms with Crippen LogP contribution >= 0.6 is 0 Å². The lowest BCUT2D eigenvalue weighted by molar-refractivity contribution is -0.123. The molecule has 2 atom stereocenters. The number of hydrogen-bond acceptors (Lipinski definition) is 4. The molecule has 0 bridgehead atoms. The minimum atomic E-state index is -0.667. The number of ether oxygens (including phenoxy) is 1. The molecule has 0 heterocycles. The Balaban J connectivity index is 1.46. The van der Waals surface area contributed by atoms with Gasteiger partial charge in [-0.1, -0.05) is 69.0 Å². The van der Waals surface area contributed by atoms with E-state index in [0.29, 0.717) is 29.9 Å². The van der Waals surface area contributed by atoms with E-state index in [1.165, 1.54) is 24.8 Å². The fourth-order valence-corrected chi connectivity index (χ4v) is 4.97. The van der Waals surface area contributed by atoms with Crippen LogP contribution in [0.4, 0.5) is 0 Å². The SMILES string of the molecule is CCCCCC[C@H]1Cc2ccccc2[C@@H]1OC(=O)c1ccc(C2C(=O)CCC2=O)cc1. The number of carbonyl (C=O) groups is 3. The van der Waals surface area contributed by atoms with E-state index >= 15 is 0 Å². The van der Waals surface area contributed by atoms with E-state index in [4.69, 9.17) is 4.74 Å². The van der Waals surface area contributed by atoms with Gasteiger partial charge in [-0.2, -0.15) is 0 Å². The van der Waals surface area contributed by atoms with Crippen LogP contribution in [0.15, 0.2) is 48.5 Å². The Bertz CT molecular complexity index is 943. The van der Waals surface area contributed by atoms with Gasteiger partial charge in [0.25, 0.3) is 0 Å². The van der Waals surface area contributed by atoms with Crippen LogP contribution in [-0.4, -0.2) is 17.5 Å². The van der Waals surface area contributed by atoms with Gasteiger partial charge >= 0.3 is 5.97 Å². The van der Waals surface area contributed by atoms with Gasteiger partial charge in [-0.05, 0) is 41.7 Å². The lowest BCUT2D eigenvalue weighted by Crippen LogP contribution is -2.17. The first-order valence-electron chi connectivity index (χ1n) is 11.5. The minimum Gasteiger partial charge on any atom is -0.454 e. The molecule has 4 nitrogen and oxygen atoms in total. The van der Waals surface area contributed by atoms with E-state index in [9.17, 15) is 14.4 Å². The number of ketones is 2. The van der Waals surface area contributed by atoms with Crippen LogP contribution in [0.25, 0.3) is 0 Å². The summed E-state index contributed by atoms with van der Waals surface area (Å²) in [5.74, 6) is -0.774. The predicted molar refractivity (Wildman–Crippen MR) is 119 cm³/mol. The minimum absolute atomic E-state index is 0.0335. The van der Waals surface area contributed by atoms with Gasteiger partial charge in [0.15, 0.2) is 0 Å². The second kappa shape index (κ2) is 9.59. The van der Waals surface area contributed by atoms with E-state index < -0.39 is 5.92 Å². The molecule has 2 aliphatic carbocycles. The topological polar surface area (TPSA) is 60.4 Å². The summed E-state index contributed by atoms with van der Waals surface area (Å²) < 4.78 is 6.03. The van der Waals surface area contributed by atoms with Crippen LogP contribution in [0.3, 0.4) is 0 Å². The molecule has 162 valence electrons. The van der Waals surface area contributed by atoms with Crippen LogP contribution in [0.5, 0.6) is 0 Å². The summed E-state index contributed by atoms with van der Waals surface area (Å²) in [5, 5.41) is 0. The summed E-state index contributed by atoms with van der Waals surface area (Å²) in [5.41, 5.74) is 3.52. The average Bonchev–Trinajstić information content (AvgIpc) is 3.30. The number of rotatable bonds is 8. The van der Waals surface area contributed by atoms with Crippen molar-refractivity contribution in [1.82, 2.24) is 0 Å². The molecule has 0 aromatic heterocycles. The van der Waals surface area contributed by atoms with Gasteiger partial charge in [0.1, 0.15) is 23.6 Å². The van der Waals surface area contributed by atoms with Crippen molar-refractivity contribution in [3.8, 4) is 0 Å². The molecule has 1 fully saturated rings. The van der Waals surface area contributed by atoms with Crippen LogP contribution in [-0.2, 0) is 20.7 Å². The molecular weight excluding hydrogens is 388 g/mol. The number of fused-ring (bicyclic) bond motifs is 1. The zero-order chi connectivity index (χ0) is 21.8. The van der Waals surface area contributed by atoms with Gasteiger partial charge in [0, 0.05) is 18.8 Å². The van der Waals surface area contributed by atoms with E-state index in [2.05, 4.69) is 19.1 Å². The maximum Gasteiger partial charge on any atom is 0.338 e. The molecule has 0 unspecified atom stereocenters. The van der Waals surface area contributed by atoms with Crippen LogP contribution in [0, 0.1) is 5.92 Å². The molecule has 31 heavy (non-hydrogen) atoms. The molecule has 0 saturated heterocycles. The second-order valence-electron chi connectivity index (χ2n) is 8.83. The highest BCUT2D eigenvalue weighted by molar-refractivity contribution is 6.13. The summed E-state index contributed by atoms with van der Waals surface area (Å²) in [4.78, 5) is 36.9. The zero-order valence-electron chi connectivity index (χ0n) is 18.1. The van der Waals surface area contributed by atoms with Crippen LogP contribution in [0.1, 0.15) is 90.9 Å². The normalized spacial score (nSPS) is 20.8. The largest absolute Gasteiger partial charge is 0.454 e. The number of carbonyl (C=O) groups excluding carboxylic acids is 3. The third kappa shape index (κ3) is 4.63. The molecule has 2 aliphatic rings. The van der Waals surface area contributed by atoms with E-state index in [1.807, 2.05) is 12.1 Å². The van der Waals surface area contributed by atoms with Gasteiger partial charge < -0.3 is 4.74 Å². The van der Waals surface area contributed by atoms with Crippen molar-refractivity contribution < 1.29 is 19.1 Å². The fourth-order valence-electron chi connectivity index (χ4n) is 4.97. The van der Waals surface area contributed by atoms with Crippen molar-refractivity contribution in [2.24, 2.45) is 5.92 Å². The predicted octanol–water partition coefficient (Wildman–Crippen LogP) is 5.74. The van der Waals surface area contributed by atoms with Crippen molar-refractivity contribution in [3.63, 3.8) is 0 Å². The van der Waals surface area contributed by atoms with Crippen molar-refractivity contribution >= 4 is 17.5 Å². The van der Waals surface area contributed by atoms with Crippen LogP contribution in [0.2, 0.25) is 0 Å². The molecule has 0 amide bonds. The molecule has 4 heteroatoms. The number of hydrogen-bond donors (Lipinski definition) is 0. The van der Waals surface area contributed by atoms with Gasteiger partial charge in [0.2, 0.25) is 0 Å². The Morgan fingerprint density at radius 3 is 2.35 bits per heavy atom. The molecule has 0 aliphatic heterocycles. The maximum absolute atomic E-state index is 12.9. The van der Waals surface area contributed by atoms with E-state index in [0.717, 1.165) is 24.8 Å².